The van der Waals surface area contributed by atoms with Crippen LogP contribution in [0, 0.1) is 5.82 Å². The van der Waals surface area contributed by atoms with Crippen molar-refractivity contribution >= 4 is 34.4 Å². The van der Waals surface area contributed by atoms with Crippen molar-refractivity contribution in [1.29, 1.82) is 0 Å². The summed E-state index contributed by atoms with van der Waals surface area (Å²) in [5.41, 5.74) is 2.09. The number of rotatable bonds is 5. The fourth-order valence-electron chi connectivity index (χ4n) is 2.53. The molecule has 2 heterocycles. The van der Waals surface area contributed by atoms with Gasteiger partial charge in [-0.1, -0.05) is 11.8 Å². The number of fused-ring (bicyclic) bond motifs is 1. The van der Waals surface area contributed by atoms with E-state index in [1.54, 1.807) is 25.1 Å². The number of aromatic amines is 2. The Morgan fingerprint density at radius 1 is 1.14 bits per heavy atom. The summed E-state index contributed by atoms with van der Waals surface area (Å²) in [5, 5.41) is 10.3. The van der Waals surface area contributed by atoms with Crippen LogP contribution in [0.2, 0.25) is 0 Å². The lowest BCUT2D eigenvalue weighted by atomic mass is 10.2. The molecule has 0 fully saturated rings. The second kappa shape index (κ2) is 7.31. The van der Waals surface area contributed by atoms with Crippen molar-refractivity contribution in [3.63, 3.8) is 0 Å². The maximum absolute atomic E-state index is 13.0. The van der Waals surface area contributed by atoms with Gasteiger partial charge in [0.2, 0.25) is 11.8 Å². The molecule has 0 spiro atoms. The maximum atomic E-state index is 13.0. The van der Waals surface area contributed by atoms with E-state index in [1.807, 2.05) is 0 Å². The Morgan fingerprint density at radius 2 is 1.89 bits per heavy atom. The molecule has 8 nitrogen and oxygen atoms in total. The van der Waals surface area contributed by atoms with Gasteiger partial charge in [0, 0.05) is 11.3 Å². The van der Waals surface area contributed by atoms with Crippen molar-refractivity contribution < 1.29 is 13.6 Å². The third kappa shape index (κ3) is 3.81. The second-order valence-electron chi connectivity index (χ2n) is 5.97. The lowest BCUT2D eigenvalue weighted by Crippen LogP contribution is -2.22. The predicted octanol–water partition coefficient (Wildman–Crippen LogP) is 3.16. The van der Waals surface area contributed by atoms with Gasteiger partial charge < -0.3 is 19.7 Å². The molecule has 1 unspecified atom stereocenters. The molecule has 4 aromatic rings. The van der Waals surface area contributed by atoms with E-state index in [0.29, 0.717) is 22.3 Å². The van der Waals surface area contributed by atoms with E-state index in [4.69, 9.17) is 4.42 Å². The number of H-pyrrole nitrogens is 2. The smallest absolute Gasteiger partial charge is 0.323 e. The molecular formula is C18H14FN5O3S. The Bertz CT molecular complexity index is 1200. The summed E-state index contributed by atoms with van der Waals surface area (Å²) in [5.74, 6) is -0.370. The molecule has 0 bridgehead atoms. The minimum atomic E-state index is -0.512. The number of thioether (sulfide) groups is 1. The summed E-state index contributed by atoms with van der Waals surface area (Å²) in [6.07, 6.45) is 0. The lowest BCUT2D eigenvalue weighted by Gasteiger charge is -2.09. The molecule has 0 radical (unpaired) electrons. The minimum absolute atomic E-state index is 0.229. The molecule has 2 aromatic carbocycles. The molecule has 0 saturated heterocycles. The van der Waals surface area contributed by atoms with E-state index >= 15 is 0 Å². The maximum Gasteiger partial charge on any atom is 0.323 e. The third-order valence-corrected chi connectivity index (χ3v) is 4.86. The first-order valence-electron chi connectivity index (χ1n) is 8.27. The van der Waals surface area contributed by atoms with E-state index in [0.717, 1.165) is 11.8 Å². The lowest BCUT2D eigenvalue weighted by molar-refractivity contribution is -0.115. The Balaban J connectivity index is 1.42. The number of benzene rings is 2. The zero-order valence-corrected chi connectivity index (χ0v) is 15.3. The molecule has 2 aromatic heterocycles. The van der Waals surface area contributed by atoms with E-state index in [9.17, 15) is 14.0 Å². The van der Waals surface area contributed by atoms with Crippen LogP contribution in [0.3, 0.4) is 0 Å². The molecule has 0 aliphatic heterocycles. The molecule has 142 valence electrons. The summed E-state index contributed by atoms with van der Waals surface area (Å²) in [6, 6.07) is 10.7. The Kier molecular flexibility index (Phi) is 4.70. The van der Waals surface area contributed by atoms with Crippen molar-refractivity contribution in [3.8, 4) is 11.5 Å². The normalized spacial score (nSPS) is 12.2. The van der Waals surface area contributed by atoms with E-state index in [2.05, 4.69) is 25.5 Å². The fourth-order valence-corrected chi connectivity index (χ4v) is 3.21. The van der Waals surface area contributed by atoms with Crippen LogP contribution in [0.5, 0.6) is 0 Å². The number of carbonyl (C=O) groups is 1. The van der Waals surface area contributed by atoms with Crippen molar-refractivity contribution in [1.82, 2.24) is 20.2 Å². The van der Waals surface area contributed by atoms with Crippen LogP contribution in [0.1, 0.15) is 6.92 Å². The number of amides is 1. The SMILES string of the molecule is CC(Sc1nnc(-c2ccc(F)cc2)o1)C(=O)Nc1ccc2[nH]c(=O)[nH]c2c1. The zero-order valence-electron chi connectivity index (χ0n) is 14.5. The zero-order chi connectivity index (χ0) is 19.7. The monoisotopic (exact) mass is 399 g/mol. The van der Waals surface area contributed by atoms with Gasteiger partial charge in [0.15, 0.2) is 0 Å². The van der Waals surface area contributed by atoms with Crippen molar-refractivity contribution in [2.24, 2.45) is 0 Å². The van der Waals surface area contributed by atoms with Gasteiger partial charge in [0.25, 0.3) is 5.22 Å². The number of imidazole rings is 1. The molecule has 3 N–H and O–H groups in total. The summed E-state index contributed by atoms with van der Waals surface area (Å²) in [4.78, 5) is 29.0. The summed E-state index contributed by atoms with van der Waals surface area (Å²) in [6.45, 7) is 1.71. The first kappa shape index (κ1) is 18.0. The number of anilines is 1. The highest BCUT2D eigenvalue weighted by atomic mass is 32.2. The average Bonchev–Trinajstić information content (AvgIpc) is 3.27. The van der Waals surface area contributed by atoms with Crippen LogP contribution >= 0.6 is 11.8 Å². The van der Waals surface area contributed by atoms with Crippen molar-refractivity contribution in [3.05, 3.63) is 58.8 Å². The van der Waals surface area contributed by atoms with Crippen LogP contribution in [0.25, 0.3) is 22.5 Å². The molecular weight excluding hydrogens is 385 g/mol. The minimum Gasteiger partial charge on any atom is -0.411 e. The van der Waals surface area contributed by atoms with Gasteiger partial charge in [-0.15, -0.1) is 10.2 Å². The highest BCUT2D eigenvalue weighted by molar-refractivity contribution is 8.00. The van der Waals surface area contributed by atoms with Gasteiger partial charge in [-0.3, -0.25) is 4.79 Å². The van der Waals surface area contributed by atoms with E-state index < -0.39 is 5.25 Å². The number of nitrogens with one attached hydrogen (secondary N) is 3. The number of hydrogen-bond acceptors (Lipinski definition) is 6. The van der Waals surface area contributed by atoms with Crippen LogP contribution < -0.4 is 11.0 Å². The van der Waals surface area contributed by atoms with E-state index in [-0.39, 0.29) is 28.5 Å². The first-order chi connectivity index (χ1) is 13.5. The van der Waals surface area contributed by atoms with Gasteiger partial charge in [0.05, 0.1) is 16.3 Å². The first-order valence-corrected chi connectivity index (χ1v) is 9.15. The third-order valence-electron chi connectivity index (χ3n) is 3.93. The predicted molar refractivity (Wildman–Crippen MR) is 103 cm³/mol. The summed E-state index contributed by atoms with van der Waals surface area (Å²) < 4.78 is 18.5. The largest absolute Gasteiger partial charge is 0.411 e. The molecule has 0 aliphatic rings. The topological polar surface area (TPSA) is 117 Å². The fraction of sp³-hybridized carbons (Fsp3) is 0.111. The molecule has 28 heavy (non-hydrogen) atoms. The quantitative estimate of drug-likeness (QED) is 0.444. The molecule has 0 aliphatic carbocycles. The number of aromatic nitrogens is 4. The average molecular weight is 399 g/mol. The molecule has 1 atom stereocenters. The van der Waals surface area contributed by atoms with Gasteiger partial charge >= 0.3 is 5.69 Å². The highest BCUT2D eigenvalue weighted by Crippen LogP contribution is 2.27. The molecule has 0 saturated carbocycles. The number of nitrogens with zero attached hydrogens (tertiary/aromatic N) is 2. The van der Waals surface area contributed by atoms with E-state index in [1.165, 1.54) is 24.3 Å². The second-order valence-corrected chi connectivity index (χ2v) is 7.26. The molecule has 10 heteroatoms. The summed E-state index contributed by atoms with van der Waals surface area (Å²) >= 11 is 1.11. The van der Waals surface area contributed by atoms with Gasteiger partial charge in [-0.05, 0) is 49.4 Å². The molecule has 4 rings (SSSR count). The number of halogens is 1. The number of hydrogen-bond donors (Lipinski definition) is 3. The van der Waals surface area contributed by atoms with Crippen molar-refractivity contribution in [2.45, 2.75) is 17.4 Å². The Morgan fingerprint density at radius 3 is 2.68 bits per heavy atom. The van der Waals surface area contributed by atoms with Crippen molar-refractivity contribution in [2.75, 3.05) is 5.32 Å². The van der Waals surface area contributed by atoms with Gasteiger partial charge in [-0.2, -0.15) is 0 Å². The van der Waals surface area contributed by atoms with Gasteiger partial charge in [-0.25, -0.2) is 9.18 Å². The number of carbonyl (C=O) groups excluding carboxylic acids is 1. The van der Waals surface area contributed by atoms with Crippen LogP contribution in [0.15, 0.2) is 56.9 Å². The van der Waals surface area contributed by atoms with Crippen LogP contribution in [-0.4, -0.2) is 31.3 Å². The molecule has 1 amide bonds. The summed E-state index contributed by atoms with van der Waals surface area (Å²) in [7, 11) is 0. The Hall–Kier alpha value is -3.40. The standard InChI is InChI=1S/C18H14FN5O3S/c1-9(15(25)20-12-6-7-13-14(8-12)22-17(26)21-13)28-18-24-23-16(27-18)10-2-4-11(19)5-3-10/h2-9H,1H3,(H,20,25)(H2,21,22,26). The Labute approximate surface area is 161 Å². The van der Waals surface area contributed by atoms with Crippen LogP contribution in [-0.2, 0) is 4.79 Å². The highest BCUT2D eigenvalue weighted by Gasteiger charge is 2.19. The van der Waals surface area contributed by atoms with Gasteiger partial charge in [0.1, 0.15) is 5.82 Å². The van der Waals surface area contributed by atoms with Crippen LogP contribution in [0.4, 0.5) is 10.1 Å².